The lowest BCUT2D eigenvalue weighted by molar-refractivity contribution is -0.134. The van der Waals surface area contributed by atoms with E-state index in [4.69, 9.17) is 0 Å². The Kier molecular flexibility index (Phi) is 7.13. The summed E-state index contributed by atoms with van der Waals surface area (Å²) in [5.74, 6) is 0.420. The number of nitrogens with one attached hydrogen (secondary N) is 1. The molecule has 7 nitrogen and oxygen atoms in total. The van der Waals surface area contributed by atoms with Gasteiger partial charge in [-0.25, -0.2) is 4.98 Å². The molecule has 2 aromatic heterocycles. The van der Waals surface area contributed by atoms with Crippen molar-refractivity contribution in [3.8, 4) is 0 Å². The Morgan fingerprint density at radius 2 is 1.96 bits per heavy atom. The van der Waals surface area contributed by atoms with Crippen LogP contribution in [0.25, 0.3) is 0 Å². The van der Waals surface area contributed by atoms with Crippen molar-refractivity contribution in [2.45, 2.75) is 13.5 Å². The molecule has 8 heteroatoms. The second-order valence-corrected chi connectivity index (χ2v) is 8.01. The first-order valence-corrected chi connectivity index (χ1v) is 10.4. The van der Waals surface area contributed by atoms with E-state index in [0.29, 0.717) is 5.82 Å². The quantitative estimate of drug-likeness (QED) is 0.764. The first-order chi connectivity index (χ1) is 13.5. The van der Waals surface area contributed by atoms with E-state index in [1.54, 1.807) is 35.5 Å². The standard InChI is InChI=1S/C20H27N5O2S/c1-16-3-4-18(21-11-16)22-19(26)13-23(2)14-20(27)25-8-6-24(7-9-25)12-17-5-10-28-15-17/h3-5,10-11,15H,6-9,12-14H2,1-2H3,(H,21,22,26). The molecule has 0 unspecified atom stereocenters. The fraction of sp³-hybridized carbons (Fsp3) is 0.450. The lowest BCUT2D eigenvalue weighted by Gasteiger charge is -2.35. The number of carbonyl (C=O) groups is 2. The van der Waals surface area contributed by atoms with Crippen LogP contribution in [0.4, 0.5) is 5.82 Å². The number of nitrogens with zero attached hydrogens (tertiary/aromatic N) is 4. The third-order valence-electron chi connectivity index (χ3n) is 4.71. The van der Waals surface area contributed by atoms with Gasteiger partial charge in [-0.05, 0) is 48.0 Å². The lowest BCUT2D eigenvalue weighted by atomic mass is 10.2. The Morgan fingerprint density at radius 1 is 1.18 bits per heavy atom. The Labute approximate surface area is 170 Å². The van der Waals surface area contributed by atoms with E-state index in [1.165, 1.54) is 5.56 Å². The van der Waals surface area contributed by atoms with Crippen LogP contribution in [0.15, 0.2) is 35.2 Å². The summed E-state index contributed by atoms with van der Waals surface area (Å²) in [5.41, 5.74) is 2.37. The van der Waals surface area contributed by atoms with E-state index >= 15 is 0 Å². The number of anilines is 1. The van der Waals surface area contributed by atoms with Crippen molar-refractivity contribution in [3.05, 3.63) is 46.3 Å². The van der Waals surface area contributed by atoms with Crippen molar-refractivity contribution in [1.82, 2.24) is 19.7 Å². The Hall–Kier alpha value is -2.29. The highest BCUT2D eigenvalue weighted by Gasteiger charge is 2.22. The van der Waals surface area contributed by atoms with Gasteiger partial charge in [0, 0.05) is 38.9 Å². The van der Waals surface area contributed by atoms with Gasteiger partial charge in [0.1, 0.15) is 5.82 Å². The first-order valence-electron chi connectivity index (χ1n) is 9.42. The van der Waals surface area contributed by atoms with Crippen LogP contribution in [-0.2, 0) is 16.1 Å². The zero-order valence-electron chi connectivity index (χ0n) is 16.4. The predicted molar refractivity (Wildman–Crippen MR) is 111 cm³/mol. The molecule has 1 aliphatic heterocycles. The van der Waals surface area contributed by atoms with Gasteiger partial charge in [0.25, 0.3) is 0 Å². The second kappa shape index (κ2) is 9.77. The number of carbonyl (C=O) groups excluding carboxylic acids is 2. The van der Waals surface area contributed by atoms with E-state index in [1.807, 2.05) is 17.9 Å². The number of hydrogen-bond donors (Lipinski definition) is 1. The molecule has 28 heavy (non-hydrogen) atoms. The minimum absolute atomic E-state index is 0.0685. The van der Waals surface area contributed by atoms with Crippen molar-refractivity contribution in [1.29, 1.82) is 0 Å². The third-order valence-corrected chi connectivity index (χ3v) is 5.44. The minimum atomic E-state index is -0.174. The van der Waals surface area contributed by atoms with E-state index in [2.05, 4.69) is 32.0 Å². The van der Waals surface area contributed by atoms with Crippen LogP contribution >= 0.6 is 11.3 Å². The zero-order valence-corrected chi connectivity index (χ0v) is 17.2. The molecule has 1 saturated heterocycles. The number of pyridine rings is 1. The fourth-order valence-electron chi connectivity index (χ4n) is 3.15. The summed E-state index contributed by atoms with van der Waals surface area (Å²) in [6, 6.07) is 5.82. The van der Waals surface area contributed by atoms with Gasteiger partial charge in [0.15, 0.2) is 0 Å². The molecule has 1 fully saturated rings. The molecule has 0 radical (unpaired) electrons. The molecule has 2 amide bonds. The van der Waals surface area contributed by atoms with E-state index in [9.17, 15) is 9.59 Å². The van der Waals surface area contributed by atoms with Crippen LogP contribution in [0.1, 0.15) is 11.1 Å². The molecule has 2 aromatic rings. The maximum absolute atomic E-state index is 12.5. The molecule has 3 rings (SSSR count). The summed E-state index contributed by atoms with van der Waals surface area (Å²) < 4.78 is 0. The predicted octanol–water partition coefficient (Wildman–Crippen LogP) is 1.67. The summed E-state index contributed by atoms with van der Waals surface area (Å²) in [6.45, 7) is 6.50. The molecule has 1 N–H and O–H groups in total. The number of rotatable bonds is 7. The Morgan fingerprint density at radius 3 is 2.61 bits per heavy atom. The number of piperazine rings is 1. The molecule has 0 spiro atoms. The number of amides is 2. The molecule has 3 heterocycles. The highest BCUT2D eigenvalue weighted by Crippen LogP contribution is 2.12. The summed E-state index contributed by atoms with van der Waals surface area (Å²) in [6.07, 6.45) is 1.71. The first kappa shape index (κ1) is 20.4. The van der Waals surface area contributed by atoms with Crippen molar-refractivity contribution < 1.29 is 9.59 Å². The Bertz CT molecular complexity index is 770. The van der Waals surface area contributed by atoms with Gasteiger partial charge in [-0.1, -0.05) is 6.07 Å². The fourth-order valence-corrected chi connectivity index (χ4v) is 3.81. The van der Waals surface area contributed by atoms with E-state index in [-0.39, 0.29) is 24.9 Å². The SMILES string of the molecule is Cc1ccc(NC(=O)CN(C)CC(=O)N2CCN(Cc3ccsc3)CC2)nc1. The van der Waals surface area contributed by atoms with E-state index < -0.39 is 0 Å². The van der Waals surface area contributed by atoms with Gasteiger partial charge < -0.3 is 10.2 Å². The van der Waals surface area contributed by atoms with Crippen LogP contribution in [0.3, 0.4) is 0 Å². The number of aryl methyl sites for hydroxylation is 1. The normalized spacial score (nSPS) is 15.0. The number of hydrogen-bond acceptors (Lipinski definition) is 6. The average Bonchev–Trinajstić information content (AvgIpc) is 3.17. The molecule has 0 bridgehead atoms. The highest BCUT2D eigenvalue weighted by atomic mass is 32.1. The maximum atomic E-state index is 12.5. The number of aromatic nitrogens is 1. The number of likely N-dealkylation sites (N-methyl/N-ethyl adjacent to an activating group) is 1. The van der Waals surface area contributed by atoms with Crippen LogP contribution in [0.2, 0.25) is 0 Å². The summed E-state index contributed by atoms with van der Waals surface area (Å²) >= 11 is 1.71. The van der Waals surface area contributed by atoms with Gasteiger partial charge in [0.05, 0.1) is 13.1 Å². The molecule has 0 aliphatic carbocycles. The van der Waals surface area contributed by atoms with Crippen LogP contribution < -0.4 is 5.32 Å². The number of thiophene rings is 1. The van der Waals surface area contributed by atoms with Crippen molar-refractivity contribution >= 4 is 29.0 Å². The van der Waals surface area contributed by atoms with Crippen LogP contribution in [0, 0.1) is 6.92 Å². The average molecular weight is 402 g/mol. The monoisotopic (exact) mass is 401 g/mol. The summed E-state index contributed by atoms with van der Waals surface area (Å²) in [4.78, 5) is 34.8. The smallest absolute Gasteiger partial charge is 0.239 e. The van der Waals surface area contributed by atoms with Crippen molar-refractivity contribution in [2.75, 3.05) is 51.6 Å². The molecular weight excluding hydrogens is 374 g/mol. The van der Waals surface area contributed by atoms with Crippen molar-refractivity contribution in [3.63, 3.8) is 0 Å². The molecule has 150 valence electrons. The largest absolute Gasteiger partial charge is 0.339 e. The molecule has 0 saturated carbocycles. The molecule has 1 aliphatic rings. The summed E-state index contributed by atoms with van der Waals surface area (Å²) in [7, 11) is 1.78. The zero-order chi connectivity index (χ0) is 19.9. The van der Waals surface area contributed by atoms with Gasteiger partial charge in [-0.15, -0.1) is 0 Å². The molecule has 0 aromatic carbocycles. The summed E-state index contributed by atoms with van der Waals surface area (Å²) in [5, 5.41) is 7.02. The topological polar surface area (TPSA) is 68.8 Å². The third kappa shape index (κ3) is 6.12. The van der Waals surface area contributed by atoms with Gasteiger partial charge in [0.2, 0.25) is 11.8 Å². The minimum Gasteiger partial charge on any atom is -0.339 e. The second-order valence-electron chi connectivity index (χ2n) is 7.23. The van der Waals surface area contributed by atoms with Gasteiger partial charge >= 0.3 is 0 Å². The van der Waals surface area contributed by atoms with E-state index in [0.717, 1.165) is 38.3 Å². The lowest BCUT2D eigenvalue weighted by Crippen LogP contribution is -2.51. The van der Waals surface area contributed by atoms with Crippen LogP contribution in [0.5, 0.6) is 0 Å². The van der Waals surface area contributed by atoms with Gasteiger partial charge in [-0.3, -0.25) is 19.4 Å². The van der Waals surface area contributed by atoms with Crippen molar-refractivity contribution in [2.24, 2.45) is 0 Å². The molecule has 0 atom stereocenters. The van der Waals surface area contributed by atoms with Crippen LogP contribution in [-0.4, -0.2) is 77.8 Å². The van der Waals surface area contributed by atoms with Gasteiger partial charge in [-0.2, -0.15) is 11.3 Å². The molecular formula is C20H27N5O2S. The Balaban J connectivity index is 1.38. The highest BCUT2D eigenvalue weighted by molar-refractivity contribution is 7.07. The maximum Gasteiger partial charge on any atom is 0.239 e.